The number of hydrogen-bond donors (Lipinski definition) is 4. The van der Waals surface area contributed by atoms with Crippen LogP contribution >= 0.6 is 0 Å². The average Bonchev–Trinajstić information content (AvgIpc) is 2.69. The van der Waals surface area contributed by atoms with Crippen molar-refractivity contribution in [2.45, 2.75) is 12.8 Å². The van der Waals surface area contributed by atoms with Crippen LogP contribution in [0.4, 0.5) is 26.7 Å². The maximum absolute atomic E-state index is 12.4. The molecule has 1 saturated heterocycles. The van der Waals surface area contributed by atoms with Crippen molar-refractivity contribution in [2.24, 2.45) is 5.92 Å². The van der Waals surface area contributed by atoms with Crippen molar-refractivity contribution in [1.82, 2.24) is 4.90 Å². The van der Waals surface area contributed by atoms with Gasteiger partial charge in [-0.05, 0) is 43.2 Å². The third-order valence-electron chi connectivity index (χ3n) is 4.46. The van der Waals surface area contributed by atoms with Crippen molar-refractivity contribution >= 4 is 35.1 Å². The predicted molar refractivity (Wildman–Crippen MR) is 106 cm³/mol. The average molecular weight is 382 g/mol. The van der Waals surface area contributed by atoms with Crippen LogP contribution in [0.25, 0.3) is 0 Å². The minimum atomic E-state index is -0.881. The van der Waals surface area contributed by atoms with Gasteiger partial charge in [0.15, 0.2) is 0 Å². The third kappa shape index (κ3) is 5.23. The van der Waals surface area contributed by atoms with Gasteiger partial charge in [0.25, 0.3) is 0 Å². The monoisotopic (exact) mass is 382 g/mol. The summed E-state index contributed by atoms with van der Waals surface area (Å²) in [5, 5.41) is 17.3. The summed E-state index contributed by atoms with van der Waals surface area (Å²) in [7, 11) is 0. The molecule has 2 aromatic carbocycles. The number of carbonyl (C=O) groups excluding carboxylic acids is 2. The van der Waals surface area contributed by atoms with Gasteiger partial charge in [0.1, 0.15) is 0 Å². The molecule has 8 nitrogen and oxygen atoms in total. The SMILES string of the molecule is O=C(Nc1ccccc1)Nc1cccc(NC(=O)N2CCCC(C(=O)O)C2)c1. The number of likely N-dealkylation sites (tertiary alicyclic amines) is 1. The highest BCUT2D eigenvalue weighted by Crippen LogP contribution is 2.20. The van der Waals surface area contributed by atoms with Gasteiger partial charge in [0.2, 0.25) is 0 Å². The van der Waals surface area contributed by atoms with Gasteiger partial charge in [-0.3, -0.25) is 4.79 Å². The number of carboxylic acid groups (broad SMARTS) is 1. The van der Waals surface area contributed by atoms with Crippen molar-refractivity contribution in [2.75, 3.05) is 29.0 Å². The molecule has 146 valence electrons. The van der Waals surface area contributed by atoms with E-state index in [9.17, 15) is 14.4 Å². The van der Waals surface area contributed by atoms with Crippen LogP contribution in [-0.4, -0.2) is 41.1 Å². The Labute approximate surface area is 162 Å². The molecule has 1 atom stereocenters. The van der Waals surface area contributed by atoms with Crippen molar-refractivity contribution in [1.29, 1.82) is 0 Å². The van der Waals surface area contributed by atoms with E-state index in [2.05, 4.69) is 16.0 Å². The molecule has 0 aliphatic carbocycles. The fourth-order valence-corrected chi connectivity index (χ4v) is 3.06. The summed E-state index contributed by atoms with van der Waals surface area (Å²) >= 11 is 0. The number of para-hydroxylation sites is 1. The van der Waals surface area contributed by atoms with Gasteiger partial charge in [-0.2, -0.15) is 0 Å². The van der Waals surface area contributed by atoms with Crippen molar-refractivity contribution in [3.8, 4) is 0 Å². The lowest BCUT2D eigenvalue weighted by molar-refractivity contribution is -0.143. The second-order valence-corrected chi connectivity index (χ2v) is 6.58. The first-order valence-electron chi connectivity index (χ1n) is 9.03. The maximum Gasteiger partial charge on any atom is 0.323 e. The predicted octanol–water partition coefficient (Wildman–Crippen LogP) is 3.66. The normalized spacial score (nSPS) is 16.1. The molecule has 1 aliphatic heterocycles. The fourth-order valence-electron chi connectivity index (χ4n) is 3.06. The Balaban J connectivity index is 1.57. The Hall–Kier alpha value is -3.55. The van der Waals surface area contributed by atoms with E-state index < -0.39 is 17.9 Å². The summed E-state index contributed by atoms with van der Waals surface area (Å²) < 4.78 is 0. The largest absolute Gasteiger partial charge is 0.481 e. The molecule has 3 rings (SSSR count). The number of carbonyl (C=O) groups is 3. The van der Waals surface area contributed by atoms with Crippen LogP contribution in [0.1, 0.15) is 12.8 Å². The zero-order chi connectivity index (χ0) is 19.9. The van der Waals surface area contributed by atoms with E-state index in [0.29, 0.717) is 36.4 Å². The van der Waals surface area contributed by atoms with Gasteiger partial charge in [-0.1, -0.05) is 24.3 Å². The van der Waals surface area contributed by atoms with E-state index in [1.807, 2.05) is 18.2 Å². The number of piperidine rings is 1. The van der Waals surface area contributed by atoms with Crippen LogP contribution < -0.4 is 16.0 Å². The Morgan fingerprint density at radius 2 is 1.54 bits per heavy atom. The molecule has 28 heavy (non-hydrogen) atoms. The van der Waals surface area contributed by atoms with Crippen LogP contribution in [0, 0.1) is 5.92 Å². The Morgan fingerprint density at radius 1 is 0.893 bits per heavy atom. The molecule has 0 spiro atoms. The summed E-state index contributed by atoms with van der Waals surface area (Å²) in [6.45, 7) is 0.714. The van der Waals surface area contributed by atoms with Gasteiger partial charge < -0.3 is 26.0 Å². The highest BCUT2D eigenvalue weighted by molar-refractivity contribution is 6.00. The van der Waals surface area contributed by atoms with E-state index >= 15 is 0 Å². The molecule has 1 aliphatic rings. The van der Waals surface area contributed by atoms with E-state index in [4.69, 9.17) is 5.11 Å². The van der Waals surface area contributed by atoms with E-state index in [-0.39, 0.29) is 12.6 Å². The van der Waals surface area contributed by atoms with Crippen molar-refractivity contribution < 1.29 is 19.5 Å². The molecule has 2 aromatic rings. The Morgan fingerprint density at radius 3 is 2.25 bits per heavy atom. The first-order chi connectivity index (χ1) is 13.5. The molecule has 0 radical (unpaired) electrons. The zero-order valence-corrected chi connectivity index (χ0v) is 15.2. The number of hydrogen-bond acceptors (Lipinski definition) is 3. The summed E-state index contributed by atoms with van der Waals surface area (Å²) in [5.41, 5.74) is 1.70. The summed E-state index contributed by atoms with van der Waals surface area (Å²) in [4.78, 5) is 37.2. The van der Waals surface area contributed by atoms with Crippen LogP contribution in [0.15, 0.2) is 54.6 Å². The van der Waals surface area contributed by atoms with Crippen LogP contribution in [0.5, 0.6) is 0 Å². The quantitative estimate of drug-likeness (QED) is 0.647. The lowest BCUT2D eigenvalue weighted by Crippen LogP contribution is -2.44. The van der Waals surface area contributed by atoms with Gasteiger partial charge in [0.05, 0.1) is 5.92 Å². The Bertz CT molecular complexity index is 856. The maximum atomic E-state index is 12.4. The third-order valence-corrected chi connectivity index (χ3v) is 4.46. The molecule has 1 unspecified atom stereocenters. The van der Waals surface area contributed by atoms with Gasteiger partial charge in [-0.15, -0.1) is 0 Å². The highest BCUT2D eigenvalue weighted by atomic mass is 16.4. The number of aliphatic carboxylic acids is 1. The lowest BCUT2D eigenvalue weighted by atomic mass is 9.99. The molecule has 1 fully saturated rings. The number of carboxylic acids is 1. The molecule has 0 saturated carbocycles. The number of amides is 4. The molecular weight excluding hydrogens is 360 g/mol. The molecule has 0 bridgehead atoms. The van der Waals surface area contributed by atoms with Crippen LogP contribution in [-0.2, 0) is 4.79 Å². The summed E-state index contributed by atoms with van der Waals surface area (Å²) in [6.07, 6.45) is 1.24. The number of nitrogens with one attached hydrogen (secondary N) is 3. The van der Waals surface area contributed by atoms with Gasteiger partial charge in [0, 0.05) is 30.2 Å². The summed E-state index contributed by atoms with van der Waals surface area (Å²) in [5.74, 6) is -1.41. The van der Waals surface area contributed by atoms with E-state index in [0.717, 1.165) is 0 Å². The van der Waals surface area contributed by atoms with Crippen LogP contribution in [0.2, 0.25) is 0 Å². The van der Waals surface area contributed by atoms with E-state index in [1.54, 1.807) is 36.4 Å². The number of rotatable bonds is 4. The second kappa shape index (κ2) is 8.90. The fraction of sp³-hybridized carbons (Fsp3) is 0.250. The van der Waals surface area contributed by atoms with Crippen LogP contribution in [0.3, 0.4) is 0 Å². The topological polar surface area (TPSA) is 111 Å². The molecular formula is C20H22N4O4. The molecule has 0 aromatic heterocycles. The standard InChI is InChI=1S/C20H22N4O4/c25-18(26)14-6-5-11-24(13-14)20(28)23-17-10-4-9-16(12-17)22-19(27)21-15-7-2-1-3-8-15/h1-4,7-10,12,14H,5-6,11,13H2,(H,23,28)(H,25,26)(H2,21,22,27). The minimum Gasteiger partial charge on any atom is -0.481 e. The van der Waals surface area contributed by atoms with Crippen molar-refractivity contribution in [3.05, 3.63) is 54.6 Å². The number of anilines is 3. The Kier molecular flexibility index (Phi) is 6.11. The van der Waals surface area contributed by atoms with Gasteiger partial charge in [-0.25, -0.2) is 9.59 Å². The smallest absolute Gasteiger partial charge is 0.323 e. The zero-order valence-electron chi connectivity index (χ0n) is 15.2. The highest BCUT2D eigenvalue weighted by Gasteiger charge is 2.28. The molecule has 1 heterocycles. The number of benzene rings is 2. The van der Waals surface area contributed by atoms with E-state index in [1.165, 1.54) is 4.90 Å². The number of nitrogens with zero attached hydrogens (tertiary/aromatic N) is 1. The molecule has 8 heteroatoms. The molecule has 4 N–H and O–H groups in total. The molecule has 4 amide bonds. The van der Waals surface area contributed by atoms with Gasteiger partial charge >= 0.3 is 18.0 Å². The lowest BCUT2D eigenvalue weighted by Gasteiger charge is -2.30. The first kappa shape index (κ1) is 19.2. The first-order valence-corrected chi connectivity index (χ1v) is 9.03. The van der Waals surface area contributed by atoms with Crippen molar-refractivity contribution in [3.63, 3.8) is 0 Å². The minimum absolute atomic E-state index is 0.193. The summed E-state index contributed by atoms with van der Waals surface area (Å²) in [6, 6.07) is 15.1. The second-order valence-electron chi connectivity index (χ2n) is 6.58. The number of urea groups is 2.